The molecule has 2 rings (SSSR count). The lowest BCUT2D eigenvalue weighted by Crippen LogP contribution is -2.59. The summed E-state index contributed by atoms with van der Waals surface area (Å²) in [6, 6.07) is 8.23. The Morgan fingerprint density at radius 1 is 1.00 bits per heavy atom. The smallest absolute Gasteiger partial charge is 0.137 e. The predicted octanol–water partition coefficient (Wildman–Crippen LogP) is 3.54. The Morgan fingerprint density at radius 2 is 1.59 bits per heavy atom. The molecule has 0 aliphatic carbocycles. The zero-order valence-corrected chi connectivity index (χ0v) is 17.5. The fourth-order valence-electron chi connectivity index (χ4n) is 2.98. The van der Waals surface area contributed by atoms with Gasteiger partial charge in [-0.1, -0.05) is 56.1 Å². The zero-order valence-electron chi connectivity index (χ0n) is 16.7. The molecule has 1 aliphatic rings. The van der Waals surface area contributed by atoms with E-state index < -0.39 is 24.4 Å². The monoisotopic (exact) mass is 398 g/mol. The summed E-state index contributed by atoms with van der Waals surface area (Å²) in [6.45, 7) is 7.18. The van der Waals surface area contributed by atoms with Crippen LogP contribution < -0.4 is 0 Å². The second-order valence-corrected chi connectivity index (χ2v) is 8.20. The number of aliphatic hydroxyl groups is 2. The summed E-state index contributed by atoms with van der Waals surface area (Å²) in [6.07, 6.45) is 1.43. The summed E-state index contributed by atoms with van der Waals surface area (Å²) in [4.78, 5) is 1.06. The molecule has 27 heavy (non-hydrogen) atoms. The van der Waals surface area contributed by atoms with E-state index in [4.69, 9.17) is 14.2 Å². The lowest BCUT2D eigenvalue weighted by atomic mass is 9.99. The SMILES string of the molecule is CCCCO[C@H]1[C@H](O)C(CO)OC(Sc2ccc(C)cc2)[C@H]1OCCCC. The molecule has 5 atom stereocenters. The van der Waals surface area contributed by atoms with Crippen molar-refractivity contribution in [3.8, 4) is 0 Å². The molecule has 5 nitrogen and oxygen atoms in total. The first-order valence-corrected chi connectivity index (χ1v) is 10.9. The van der Waals surface area contributed by atoms with Gasteiger partial charge >= 0.3 is 0 Å². The number of aliphatic hydroxyl groups excluding tert-OH is 2. The maximum absolute atomic E-state index is 10.7. The van der Waals surface area contributed by atoms with Gasteiger partial charge in [-0.15, -0.1) is 0 Å². The molecule has 1 fully saturated rings. The van der Waals surface area contributed by atoms with Gasteiger partial charge in [0.25, 0.3) is 0 Å². The molecule has 1 aromatic carbocycles. The largest absolute Gasteiger partial charge is 0.394 e. The molecule has 2 unspecified atom stereocenters. The van der Waals surface area contributed by atoms with E-state index in [0.29, 0.717) is 13.2 Å². The van der Waals surface area contributed by atoms with Crippen molar-refractivity contribution in [2.24, 2.45) is 0 Å². The number of ether oxygens (including phenoxy) is 3. The average molecular weight is 399 g/mol. The van der Waals surface area contributed by atoms with Crippen LogP contribution in [0.5, 0.6) is 0 Å². The summed E-state index contributed by atoms with van der Waals surface area (Å²) < 4.78 is 18.2. The fraction of sp³-hybridized carbons (Fsp3) is 0.714. The molecule has 0 aromatic heterocycles. The lowest BCUT2D eigenvalue weighted by molar-refractivity contribution is -0.232. The quantitative estimate of drug-likeness (QED) is 0.556. The minimum absolute atomic E-state index is 0.249. The van der Waals surface area contributed by atoms with Crippen LogP contribution in [0.15, 0.2) is 29.2 Å². The van der Waals surface area contributed by atoms with Crippen molar-refractivity contribution in [3.63, 3.8) is 0 Å². The van der Waals surface area contributed by atoms with Crippen LogP contribution in [-0.4, -0.2) is 59.9 Å². The van der Waals surface area contributed by atoms with Crippen molar-refractivity contribution in [2.75, 3.05) is 19.8 Å². The van der Waals surface area contributed by atoms with E-state index in [0.717, 1.165) is 30.6 Å². The second kappa shape index (κ2) is 12.0. The molecule has 2 N–H and O–H groups in total. The molecule has 1 aliphatic heterocycles. The number of aryl methyl sites for hydroxylation is 1. The molecule has 0 amide bonds. The molecule has 0 spiro atoms. The first-order valence-electron chi connectivity index (χ1n) is 10.0. The number of benzene rings is 1. The molecule has 154 valence electrons. The summed E-state index contributed by atoms with van der Waals surface area (Å²) >= 11 is 1.55. The third-order valence-corrected chi connectivity index (χ3v) is 5.84. The van der Waals surface area contributed by atoms with Gasteiger partial charge in [0.1, 0.15) is 29.9 Å². The molecule has 1 saturated heterocycles. The predicted molar refractivity (Wildman–Crippen MR) is 108 cm³/mol. The van der Waals surface area contributed by atoms with E-state index >= 15 is 0 Å². The van der Waals surface area contributed by atoms with Crippen LogP contribution in [0.1, 0.15) is 45.1 Å². The van der Waals surface area contributed by atoms with E-state index in [1.165, 1.54) is 5.56 Å². The maximum Gasteiger partial charge on any atom is 0.137 e. The van der Waals surface area contributed by atoms with E-state index in [1.807, 2.05) is 0 Å². The third kappa shape index (κ3) is 6.73. The molecule has 0 saturated carbocycles. The Bertz CT molecular complexity index is 524. The van der Waals surface area contributed by atoms with Gasteiger partial charge in [-0.05, 0) is 31.9 Å². The molecule has 1 aromatic rings. The minimum atomic E-state index is -0.909. The summed E-state index contributed by atoms with van der Waals surface area (Å²) in [5.74, 6) is 0. The number of unbranched alkanes of at least 4 members (excludes halogenated alkanes) is 2. The van der Waals surface area contributed by atoms with Gasteiger partial charge in [-0.2, -0.15) is 0 Å². The topological polar surface area (TPSA) is 68.2 Å². The van der Waals surface area contributed by atoms with E-state index in [2.05, 4.69) is 45.0 Å². The zero-order chi connectivity index (χ0) is 19.6. The van der Waals surface area contributed by atoms with Gasteiger partial charge in [0, 0.05) is 18.1 Å². The van der Waals surface area contributed by atoms with Gasteiger partial charge in [-0.3, -0.25) is 0 Å². The van der Waals surface area contributed by atoms with Crippen molar-refractivity contribution >= 4 is 11.8 Å². The summed E-state index contributed by atoms with van der Waals surface area (Å²) in [5, 5.41) is 20.4. The van der Waals surface area contributed by atoms with Crippen LogP contribution in [0.2, 0.25) is 0 Å². The van der Waals surface area contributed by atoms with Crippen LogP contribution in [0.4, 0.5) is 0 Å². The summed E-state index contributed by atoms with van der Waals surface area (Å²) in [5.41, 5.74) is 0.848. The Kier molecular flexibility index (Phi) is 10.1. The van der Waals surface area contributed by atoms with Crippen molar-refractivity contribution < 1.29 is 24.4 Å². The number of hydrogen-bond acceptors (Lipinski definition) is 6. The fourth-order valence-corrected chi connectivity index (χ4v) is 4.11. The highest BCUT2D eigenvalue weighted by atomic mass is 32.2. The van der Waals surface area contributed by atoms with Crippen molar-refractivity contribution in [2.45, 2.75) is 81.2 Å². The Balaban J connectivity index is 2.17. The highest BCUT2D eigenvalue weighted by Crippen LogP contribution is 2.36. The van der Waals surface area contributed by atoms with Gasteiger partial charge in [-0.25, -0.2) is 0 Å². The first kappa shape index (κ1) is 22.7. The Morgan fingerprint density at radius 3 is 2.15 bits per heavy atom. The van der Waals surface area contributed by atoms with Gasteiger partial charge in [0.15, 0.2) is 0 Å². The van der Waals surface area contributed by atoms with Crippen LogP contribution in [0.25, 0.3) is 0 Å². The molecule has 6 heteroatoms. The van der Waals surface area contributed by atoms with Crippen molar-refractivity contribution in [1.82, 2.24) is 0 Å². The molecule has 0 bridgehead atoms. The normalized spacial score (nSPS) is 28.4. The Hall–Kier alpha value is -0.630. The van der Waals surface area contributed by atoms with Crippen LogP contribution in [0, 0.1) is 6.92 Å². The van der Waals surface area contributed by atoms with Crippen LogP contribution in [-0.2, 0) is 14.2 Å². The Labute approximate surface area is 167 Å². The lowest BCUT2D eigenvalue weighted by Gasteiger charge is -2.43. The second-order valence-electron chi connectivity index (χ2n) is 7.02. The maximum atomic E-state index is 10.7. The number of rotatable bonds is 11. The van der Waals surface area contributed by atoms with Gasteiger partial charge in [0.2, 0.25) is 0 Å². The molecular weight excluding hydrogens is 364 g/mol. The van der Waals surface area contributed by atoms with Crippen LogP contribution in [0.3, 0.4) is 0 Å². The molecule has 1 heterocycles. The van der Waals surface area contributed by atoms with Crippen LogP contribution >= 0.6 is 11.8 Å². The summed E-state index contributed by atoms with van der Waals surface area (Å²) in [7, 11) is 0. The molecular formula is C21H34O5S. The van der Waals surface area contributed by atoms with E-state index in [-0.39, 0.29) is 12.0 Å². The van der Waals surface area contributed by atoms with Crippen molar-refractivity contribution in [3.05, 3.63) is 29.8 Å². The standard InChI is InChI=1S/C21H34O5S/c1-4-6-12-24-19-18(23)17(14-22)26-21(20(19)25-13-7-5-2)27-16-10-8-15(3)9-11-16/h8-11,17-23H,4-7,12-14H2,1-3H3/t17?,18-,19+,20+,21?/m1/s1. The number of thioether (sulfide) groups is 1. The minimum Gasteiger partial charge on any atom is -0.394 e. The molecule has 0 radical (unpaired) electrons. The van der Waals surface area contributed by atoms with E-state index in [1.54, 1.807) is 11.8 Å². The van der Waals surface area contributed by atoms with E-state index in [9.17, 15) is 10.2 Å². The van der Waals surface area contributed by atoms with Gasteiger partial charge < -0.3 is 24.4 Å². The average Bonchev–Trinajstić information content (AvgIpc) is 2.67. The highest BCUT2D eigenvalue weighted by molar-refractivity contribution is 7.99. The first-order chi connectivity index (χ1) is 13.1. The number of hydrogen-bond donors (Lipinski definition) is 2. The van der Waals surface area contributed by atoms with Crippen molar-refractivity contribution in [1.29, 1.82) is 0 Å². The van der Waals surface area contributed by atoms with Gasteiger partial charge in [0.05, 0.1) is 6.61 Å². The highest BCUT2D eigenvalue weighted by Gasteiger charge is 2.46. The third-order valence-electron chi connectivity index (χ3n) is 4.69.